The number of aryl methyl sites for hydroxylation is 1. The number of halogens is 3. The minimum Gasteiger partial charge on any atom is -0.505 e. The lowest BCUT2D eigenvalue weighted by molar-refractivity contribution is 0.0718. The molecule has 9 heteroatoms. The summed E-state index contributed by atoms with van der Waals surface area (Å²) < 4.78 is 29.2. The third-order valence-electron chi connectivity index (χ3n) is 8.49. The van der Waals surface area contributed by atoms with Crippen molar-refractivity contribution < 1.29 is 18.7 Å². The fraction of sp³-hybridized carbons (Fsp3) is 0.387. The maximum Gasteiger partial charge on any atom is 0.255 e. The van der Waals surface area contributed by atoms with Gasteiger partial charge in [0.2, 0.25) is 0 Å². The van der Waals surface area contributed by atoms with Gasteiger partial charge in [-0.05, 0) is 104 Å². The summed E-state index contributed by atoms with van der Waals surface area (Å²) in [7, 11) is 0. The SMILES string of the molecule is Cc1cc(SN2CCC(c3ccc(F)cc3)CC2)cc(N2C3CCC2CN(C(=O)c2ccc(F)cc2Cl)C3)c1O. The number of phenolic OH excluding ortho intramolecular Hbond substituents is 1. The van der Waals surface area contributed by atoms with Crippen LogP contribution in [0.2, 0.25) is 5.02 Å². The Kier molecular flexibility index (Phi) is 7.68. The molecule has 0 aliphatic carbocycles. The van der Waals surface area contributed by atoms with Gasteiger partial charge in [0.25, 0.3) is 5.91 Å². The smallest absolute Gasteiger partial charge is 0.255 e. The molecule has 3 heterocycles. The number of benzene rings is 3. The van der Waals surface area contributed by atoms with E-state index in [2.05, 4.69) is 15.3 Å². The molecule has 3 aromatic rings. The van der Waals surface area contributed by atoms with Crippen LogP contribution in [0.4, 0.5) is 14.5 Å². The van der Waals surface area contributed by atoms with Crippen molar-refractivity contribution in [2.75, 3.05) is 31.1 Å². The average molecular weight is 584 g/mol. The van der Waals surface area contributed by atoms with Crippen molar-refractivity contribution in [2.24, 2.45) is 0 Å². The van der Waals surface area contributed by atoms with Crippen LogP contribution in [0.3, 0.4) is 0 Å². The van der Waals surface area contributed by atoms with E-state index in [0.717, 1.165) is 54.9 Å². The maximum atomic E-state index is 13.5. The molecular weight excluding hydrogens is 552 g/mol. The Hall–Kier alpha value is -2.81. The van der Waals surface area contributed by atoms with E-state index in [1.54, 1.807) is 11.9 Å². The van der Waals surface area contributed by atoms with Crippen molar-refractivity contribution in [1.29, 1.82) is 0 Å². The minimum atomic E-state index is -0.465. The second-order valence-corrected chi connectivity index (χ2v) is 12.7. The quantitative estimate of drug-likeness (QED) is 0.327. The molecule has 210 valence electrons. The first-order valence-corrected chi connectivity index (χ1v) is 15.0. The first-order chi connectivity index (χ1) is 19.3. The first kappa shape index (κ1) is 27.4. The number of piperazine rings is 1. The van der Waals surface area contributed by atoms with E-state index in [1.807, 2.05) is 30.0 Å². The summed E-state index contributed by atoms with van der Waals surface area (Å²) in [5.74, 6) is -0.122. The van der Waals surface area contributed by atoms with Gasteiger partial charge in [-0.1, -0.05) is 23.7 Å². The Labute approximate surface area is 242 Å². The Bertz CT molecular complexity index is 1400. The highest BCUT2D eigenvalue weighted by Crippen LogP contribution is 2.44. The van der Waals surface area contributed by atoms with Gasteiger partial charge in [-0.15, -0.1) is 0 Å². The van der Waals surface area contributed by atoms with Gasteiger partial charge in [0.15, 0.2) is 0 Å². The van der Waals surface area contributed by atoms with Crippen LogP contribution < -0.4 is 4.90 Å². The standard InChI is InChI=1S/C31H32ClF2N3O2S/c1-19-14-26(40-36-12-10-21(11-13-36)20-2-4-22(33)5-3-20)16-29(30(19)38)37-24-7-8-25(37)18-35(17-24)31(39)27-9-6-23(34)15-28(27)32/h2-6,9,14-16,21,24-25,38H,7-8,10-13,17-18H2,1H3. The van der Waals surface area contributed by atoms with E-state index >= 15 is 0 Å². The molecule has 3 aliphatic rings. The molecule has 6 rings (SSSR count). The second-order valence-electron chi connectivity index (χ2n) is 11.1. The van der Waals surface area contributed by atoms with E-state index in [-0.39, 0.29) is 34.6 Å². The monoisotopic (exact) mass is 583 g/mol. The number of carbonyl (C=O) groups is 1. The molecule has 3 aliphatic heterocycles. The highest BCUT2D eigenvalue weighted by atomic mass is 35.5. The van der Waals surface area contributed by atoms with Crippen molar-refractivity contribution in [3.8, 4) is 5.75 Å². The van der Waals surface area contributed by atoms with E-state index in [1.165, 1.54) is 35.9 Å². The molecule has 1 amide bonds. The normalized spacial score (nSPS) is 21.7. The summed E-state index contributed by atoms with van der Waals surface area (Å²) in [6.45, 7) is 4.84. The molecule has 5 nitrogen and oxygen atoms in total. The predicted molar refractivity (Wildman–Crippen MR) is 155 cm³/mol. The van der Waals surface area contributed by atoms with Crippen LogP contribution in [-0.4, -0.2) is 58.5 Å². The Morgan fingerprint density at radius 2 is 1.57 bits per heavy atom. The van der Waals surface area contributed by atoms with Crippen molar-refractivity contribution in [3.05, 3.63) is 87.9 Å². The lowest BCUT2D eigenvalue weighted by Crippen LogP contribution is -2.55. The second kappa shape index (κ2) is 11.2. The van der Waals surface area contributed by atoms with Crippen molar-refractivity contribution in [1.82, 2.24) is 9.21 Å². The Balaban J connectivity index is 1.14. The number of rotatable bonds is 5. The van der Waals surface area contributed by atoms with Crippen LogP contribution in [0.5, 0.6) is 5.75 Å². The number of phenols is 1. The van der Waals surface area contributed by atoms with E-state index < -0.39 is 5.82 Å². The summed E-state index contributed by atoms with van der Waals surface area (Å²) in [4.78, 5) is 18.4. The number of anilines is 1. The van der Waals surface area contributed by atoms with E-state index in [9.17, 15) is 18.7 Å². The van der Waals surface area contributed by atoms with Crippen LogP contribution in [0.25, 0.3) is 0 Å². The largest absolute Gasteiger partial charge is 0.505 e. The van der Waals surface area contributed by atoms with Crippen molar-refractivity contribution in [2.45, 2.75) is 55.5 Å². The number of likely N-dealkylation sites (tertiary alicyclic amines) is 1. The number of piperidine rings is 1. The van der Waals surface area contributed by atoms with Crippen molar-refractivity contribution >= 4 is 35.1 Å². The zero-order chi connectivity index (χ0) is 28.0. The van der Waals surface area contributed by atoms with Gasteiger partial charge >= 0.3 is 0 Å². The van der Waals surface area contributed by atoms with E-state index in [0.29, 0.717) is 24.6 Å². The first-order valence-electron chi connectivity index (χ1n) is 13.8. The fourth-order valence-corrected chi connectivity index (χ4v) is 7.77. The highest BCUT2D eigenvalue weighted by molar-refractivity contribution is 7.97. The number of hydrogen-bond donors (Lipinski definition) is 1. The Morgan fingerprint density at radius 1 is 0.925 bits per heavy atom. The maximum absolute atomic E-state index is 13.5. The van der Waals surface area contributed by atoms with Gasteiger partial charge < -0.3 is 14.9 Å². The van der Waals surface area contributed by atoms with Crippen LogP contribution >= 0.6 is 23.5 Å². The molecule has 3 saturated heterocycles. The van der Waals surface area contributed by atoms with Crippen molar-refractivity contribution in [3.63, 3.8) is 0 Å². The fourth-order valence-electron chi connectivity index (χ4n) is 6.44. The molecular formula is C31H32ClF2N3O2S. The third kappa shape index (κ3) is 5.41. The van der Waals surface area contributed by atoms with Gasteiger partial charge in [0.1, 0.15) is 17.4 Å². The molecule has 3 aromatic carbocycles. The van der Waals surface area contributed by atoms with Crippen LogP contribution in [0, 0.1) is 18.6 Å². The van der Waals surface area contributed by atoms with Gasteiger partial charge in [0.05, 0.1) is 16.3 Å². The summed E-state index contributed by atoms with van der Waals surface area (Å²) in [5.41, 5.74) is 3.17. The third-order valence-corrected chi connectivity index (χ3v) is 9.88. The predicted octanol–water partition coefficient (Wildman–Crippen LogP) is 7.01. The number of aromatic hydroxyl groups is 1. The van der Waals surface area contributed by atoms with Crippen LogP contribution in [0.15, 0.2) is 59.5 Å². The molecule has 0 saturated carbocycles. The molecule has 1 N–H and O–H groups in total. The summed E-state index contributed by atoms with van der Waals surface area (Å²) >= 11 is 7.91. The number of nitrogens with zero attached hydrogens (tertiary/aromatic N) is 3. The molecule has 40 heavy (non-hydrogen) atoms. The number of fused-ring (bicyclic) bond motifs is 2. The number of amides is 1. The molecule has 2 bridgehead atoms. The summed E-state index contributed by atoms with van der Waals surface area (Å²) in [6, 6.07) is 15.0. The summed E-state index contributed by atoms with van der Waals surface area (Å²) in [6.07, 6.45) is 3.89. The molecule has 0 radical (unpaired) electrons. The molecule has 2 atom stereocenters. The lowest BCUT2D eigenvalue weighted by Gasteiger charge is -2.43. The molecule has 2 unspecified atom stereocenters. The number of carbonyl (C=O) groups excluding carboxylic acids is 1. The summed E-state index contributed by atoms with van der Waals surface area (Å²) in [5, 5.41) is 11.2. The van der Waals surface area contributed by atoms with Gasteiger partial charge in [-0.25, -0.2) is 13.1 Å². The molecule has 3 fully saturated rings. The van der Waals surface area contributed by atoms with Crippen LogP contribution in [-0.2, 0) is 0 Å². The van der Waals surface area contributed by atoms with E-state index in [4.69, 9.17) is 11.6 Å². The zero-order valence-electron chi connectivity index (χ0n) is 22.3. The zero-order valence-corrected chi connectivity index (χ0v) is 23.9. The minimum absolute atomic E-state index is 0.0823. The number of hydrogen-bond acceptors (Lipinski definition) is 5. The van der Waals surface area contributed by atoms with Crippen LogP contribution in [0.1, 0.15) is 53.1 Å². The lowest BCUT2D eigenvalue weighted by atomic mass is 9.90. The van der Waals surface area contributed by atoms with Gasteiger partial charge in [-0.2, -0.15) is 0 Å². The molecule has 0 spiro atoms. The topological polar surface area (TPSA) is 47.0 Å². The Morgan fingerprint density at radius 3 is 2.23 bits per heavy atom. The van der Waals surface area contributed by atoms with Gasteiger partial charge in [0, 0.05) is 43.2 Å². The highest BCUT2D eigenvalue weighted by Gasteiger charge is 2.43. The van der Waals surface area contributed by atoms with Gasteiger partial charge in [-0.3, -0.25) is 4.79 Å². The molecule has 0 aromatic heterocycles. The average Bonchev–Trinajstić information content (AvgIpc) is 3.19.